The van der Waals surface area contributed by atoms with Crippen molar-refractivity contribution in [3.8, 4) is 0 Å². The van der Waals surface area contributed by atoms with Crippen LogP contribution in [0.4, 0.5) is 0 Å². The molecule has 1 heterocycles. The maximum Gasteiger partial charge on any atom is 0.295 e. The highest BCUT2D eigenvalue weighted by molar-refractivity contribution is 9.10. The van der Waals surface area contributed by atoms with Gasteiger partial charge in [-0.2, -0.15) is 0 Å². The number of rotatable bonds is 4. The maximum atomic E-state index is 12.7. The van der Waals surface area contributed by atoms with Crippen LogP contribution in [0.25, 0.3) is 5.76 Å². The van der Waals surface area contributed by atoms with Gasteiger partial charge < -0.3 is 10.0 Å². The number of carbonyl (C=O) groups excluding carboxylic acids is 2. The van der Waals surface area contributed by atoms with Gasteiger partial charge in [0.1, 0.15) is 5.76 Å². The Hall–Kier alpha value is -2.18. The molecule has 0 radical (unpaired) electrons. The van der Waals surface area contributed by atoms with Crippen LogP contribution in [0.2, 0.25) is 0 Å². The zero-order valence-corrected chi connectivity index (χ0v) is 16.8. The standard InChI is InChI=1S/C20H15Br2NO3/c1-2-11-23-17(12-3-7-14(21)8-4-12)16(19(25)20(23)26)18(24)13-5-9-15(22)10-6-13/h2-10,17,24H,1,11H2. The van der Waals surface area contributed by atoms with Gasteiger partial charge in [0.2, 0.25) is 0 Å². The summed E-state index contributed by atoms with van der Waals surface area (Å²) < 4.78 is 1.74. The van der Waals surface area contributed by atoms with Crippen LogP contribution < -0.4 is 0 Å². The highest BCUT2D eigenvalue weighted by Gasteiger charge is 2.45. The molecule has 1 aliphatic heterocycles. The molecule has 2 aromatic rings. The van der Waals surface area contributed by atoms with E-state index in [0.29, 0.717) is 5.56 Å². The number of amides is 1. The molecule has 2 aromatic carbocycles. The Labute approximate surface area is 168 Å². The SMILES string of the molecule is C=CCN1C(=O)C(=O)C(=C(O)c2ccc(Br)cc2)C1c1ccc(Br)cc1. The predicted molar refractivity (Wildman–Crippen MR) is 107 cm³/mol. The molecule has 1 saturated heterocycles. The molecule has 1 atom stereocenters. The second-order valence-electron chi connectivity index (χ2n) is 5.80. The summed E-state index contributed by atoms with van der Waals surface area (Å²) in [5.74, 6) is -1.52. The van der Waals surface area contributed by atoms with E-state index in [4.69, 9.17) is 0 Å². The zero-order valence-electron chi connectivity index (χ0n) is 13.7. The van der Waals surface area contributed by atoms with Crippen molar-refractivity contribution < 1.29 is 14.7 Å². The minimum absolute atomic E-state index is 0.0847. The van der Waals surface area contributed by atoms with Crippen molar-refractivity contribution in [3.05, 3.63) is 86.8 Å². The van der Waals surface area contributed by atoms with E-state index in [-0.39, 0.29) is 17.9 Å². The predicted octanol–water partition coefficient (Wildman–Crippen LogP) is 4.82. The molecule has 0 spiro atoms. The molecule has 1 aliphatic rings. The number of likely N-dealkylation sites (tertiary alicyclic amines) is 1. The first-order valence-corrected chi connectivity index (χ1v) is 9.43. The van der Waals surface area contributed by atoms with Gasteiger partial charge in [-0.3, -0.25) is 9.59 Å². The van der Waals surface area contributed by atoms with E-state index in [1.54, 1.807) is 30.3 Å². The van der Waals surface area contributed by atoms with Crippen molar-refractivity contribution in [1.29, 1.82) is 0 Å². The Kier molecular flexibility index (Phi) is 5.44. The molecule has 0 aromatic heterocycles. The zero-order chi connectivity index (χ0) is 18.8. The molecule has 26 heavy (non-hydrogen) atoms. The van der Waals surface area contributed by atoms with E-state index in [1.807, 2.05) is 24.3 Å². The molecule has 0 bridgehead atoms. The van der Waals surface area contributed by atoms with Crippen LogP contribution >= 0.6 is 31.9 Å². The first-order chi connectivity index (χ1) is 12.4. The van der Waals surface area contributed by atoms with E-state index in [1.165, 1.54) is 4.90 Å². The van der Waals surface area contributed by atoms with E-state index in [9.17, 15) is 14.7 Å². The molecule has 1 amide bonds. The lowest BCUT2D eigenvalue weighted by atomic mass is 9.95. The maximum absolute atomic E-state index is 12.7. The van der Waals surface area contributed by atoms with Gasteiger partial charge in [0.25, 0.3) is 11.7 Å². The molecule has 3 rings (SSSR count). The van der Waals surface area contributed by atoms with E-state index < -0.39 is 17.7 Å². The largest absolute Gasteiger partial charge is 0.507 e. The van der Waals surface area contributed by atoms with Crippen LogP contribution in [0.5, 0.6) is 0 Å². The molecule has 4 nitrogen and oxygen atoms in total. The van der Waals surface area contributed by atoms with E-state index in [0.717, 1.165) is 14.5 Å². The number of halogens is 2. The molecule has 1 unspecified atom stereocenters. The topological polar surface area (TPSA) is 57.6 Å². The van der Waals surface area contributed by atoms with Gasteiger partial charge in [-0.1, -0.05) is 62.2 Å². The number of benzene rings is 2. The summed E-state index contributed by atoms with van der Waals surface area (Å²) in [5.41, 5.74) is 1.31. The third-order valence-corrected chi connectivity index (χ3v) is 5.23. The number of aliphatic hydroxyl groups excluding tert-OH is 1. The van der Waals surface area contributed by atoms with E-state index in [2.05, 4.69) is 38.4 Å². The number of ketones is 1. The lowest BCUT2D eigenvalue weighted by molar-refractivity contribution is -0.139. The molecular weight excluding hydrogens is 462 g/mol. The summed E-state index contributed by atoms with van der Waals surface area (Å²) >= 11 is 6.72. The Morgan fingerprint density at radius 2 is 1.58 bits per heavy atom. The van der Waals surface area contributed by atoms with Gasteiger partial charge in [0.05, 0.1) is 11.6 Å². The molecule has 0 saturated carbocycles. The van der Waals surface area contributed by atoms with Crippen LogP contribution in [0.3, 0.4) is 0 Å². The third kappa shape index (κ3) is 3.39. The molecule has 0 aliphatic carbocycles. The summed E-state index contributed by atoms with van der Waals surface area (Å²) in [4.78, 5) is 26.6. The fourth-order valence-electron chi connectivity index (χ4n) is 2.96. The van der Waals surface area contributed by atoms with Gasteiger partial charge in [0, 0.05) is 21.1 Å². The number of carbonyl (C=O) groups is 2. The van der Waals surface area contributed by atoms with Crippen LogP contribution in [0.15, 0.2) is 75.7 Å². The number of Topliss-reactive ketones (excluding diaryl/α,β-unsaturated/α-hetero) is 1. The number of hydrogen-bond donors (Lipinski definition) is 1. The summed E-state index contributed by atoms with van der Waals surface area (Å²) in [6.45, 7) is 3.88. The van der Waals surface area contributed by atoms with Crippen molar-refractivity contribution in [3.63, 3.8) is 0 Å². The smallest absolute Gasteiger partial charge is 0.295 e. The Balaban J connectivity index is 2.18. The second kappa shape index (κ2) is 7.60. The van der Waals surface area contributed by atoms with Crippen molar-refractivity contribution in [2.24, 2.45) is 0 Å². The van der Waals surface area contributed by atoms with Crippen LogP contribution in [0, 0.1) is 0 Å². The average Bonchev–Trinajstić information content (AvgIpc) is 2.88. The molecule has 6 heteroatoms. The fourth-order valence-corrected chi connectivity index (χ4v) is 3.49. The summed E-state index contributed by atoms with van der Waals surface area (Å²) in [5, 5.41) is 10.8. The monoisotopic (exact) mass is 475 g/mol. The van der Waals surface area contributed by atoms with Crippen LogP contribution in [-0.4, -0.2) is 28.2 Å². The first-order valence-electron chi connectivity index (χ1n) is 7.84. The van der Waals surface area contributed by atoms with Crippen LogP contribution in [-0.2, 0) is 9.59 Å². The Bertz CT molecular complexity index is 902. The Morgan fingerprint density at radius 3 is 2.12 bits per heavy atom. The molecule has 1 fully saturated rings. The normalized spacial score (nSPS) is 19.0. The van der Waals surface area contributed by atoms with Gasteiger partial charge in [-0.25, -0.2) is 0 Å². The lowest BCUT2D eigenvalue weighted by Crippen LogP contribution is -2.29. The number of nitrogens with zero attached hydrogens (tertiary/aromatic N) is 1. The molecule has 132 valence electrons. The first kappa shape index (κ1) is 18.6. The summed E-state index contributed by atoms with van der Waals surface area (Å²) in [6, 6.07) is 13.6. The quantitative estimate of drug-likeness (QED) is 0.298. The van der Waals surface area contributed by atoms with Crippen molar-refractivity contribution >= 4 is 49.3 Å². The molecular formula is C20H15Br2NO3. The number of hydrogen-bond acceptors (Lipinski definition) is 3. The lowest BCUT2D eigenvalue weighted by Gasteiger charge is -2.24. The highest BCUT2D eigenvalue weighted by atomic mass is 79.9. The second-order valence-corrected chi connectivity index (χ2v) is 7.63. The minimum atomic E-state index is -0.694. The van der Waals surface area contributed by atoms with Gasteiger partial charge in [0.15, 0.2) is 0 Å². The molecule has 1 N–H and O–H groups in total. The van der Waals surface area contributed by atoms with E-state index >= 15 is 0 Å². The Morgan fingerprint density at radius 1 is 1.04 bits per heavy atom. The summed E-state index contributed by atoms with van der Waals surface area (Å²) in [6.07, 6.45) is 1.57. The third-order valence-electron chi connectivity index (χ3n) is 4.17. The van der Waals surface area contributed by atoms with Gasteiger partial charge in [-0.15, -0.1) is 6.58 Å². The van der Waals surface area contributed by atoms with Crippen molar-refractivity contribution in [2.75, 3.05) is 6.54 Å². The van der Waals surface area contributed by atoms with Gasteiger partial charge >= 0.3 is 0 Å². The number of aliphatic hydroxyl groups is 1. The summed E-state index contributed by atoms with van der Waals surface area (Å²) in [7, 11) is 0. The van der Waals surface area contributed by atoms with Gasteiger partial charge in [-0.05, 0) is 29.8 Å². The van der Waals surface area contributed by atoms with Crippen LogP contribution in [0.1, 0.15) is 17.2 Å². The van der Waals surface area contributed by atoms with Crippen molar-refractivity contribution in [1.82, 2.24) is 4.90 Å². The minimum Gasteiger partial charge on any atom is -0.507 e. The highest BCUT2D eigenvalue weighted by Crippen LogP contribution is 2.39. The average molecular weight is 477 g/mol. The fraction of sp³-hybridized carbons (Fsp3) is 0.100. The van der Waals surface area contributed by atoms with Crippen molar-refractivity contribution in [2.45, 2.75) is 6.04 Å².